The summed E-state index contributed by atoms with van der Waals surface area (Å²) in [5, 5.41) is 10.2. The summed E-state index contributed by atoms with van der Waals surface area (Å²) in [5.74, 6) is -1.34. The highest BCUT2D eigenvalue weighted by Gasteiger charge is 2.11. The minimum absolute atomic E-state index is 0.149. The number of ether oxygens (including phenoxy) is 1. The van der Waals surface area contributed by atoms with E-state index in [0.717, 1.165) is 10.9 Å². The number of rotatable bonds is 5. The lowest BCUT2D eigenvalue weighted by molar-refractivity contribution is -0.144. The Morgan fingerprint density at radius 3 is 2.95 bits per heavy atom. The van der Waals surface area contributed by atoms with Gasteiger partial charge < -0.3 is 10.1 Å². The number of amides is 1. The van der Waals surface area contributed by atoms with Crippen molar-refractivity contribution in [2.45, 2.75) is 13.5 Å². The number of aromatic nitrogens is 3. The van der Waals surface area contributed by atoms with Gasteiger partial charge in [0, 0.05) is 5.56 Å². The van der Waals surface area contributed by atoms with Gasteiger partial charge in [-0.3, -0.25) is 4.79 Å². The third-order valence-electron chi connectivity index (χ3n) is 2.44. The predicted molar refractivity (Wildman–Crippen MR) is 71.0 cm³/mol. The van der Waals surface area contributed by atoms with Gasteiger partial charge in [-0.2, -0.15) is 9.90 Å². The van der Waals surface area contributed by atoms with Crippen molar-refractivity contribution in [3.63, 3.8) is 0 Å². The Morgan fingerprint density at radius 2 is 2.24 bits per heavy atom. The van der Waals surface area contributed by atoms with Crippen molar-refractivity contribution >= 4 is 17.7 Å². The van der Waals surface area contributed by atoms with Gasteiger partial charge in [0.1, 0.15) is 5.82 Å². The smallest absolute Gasteiger partial charge is 0.329 e. The minimum Gasteiger partial charge on any atom is -0.465 e. The fourth-order valence-corrected chi connectivity index (χ4v) is 1.57. The molecule has 0 radical (unpaired) electrons. The first-order chi connectivity index (χ1) is 10.1. The molecule has 0 unspecified atom stereocenters. The molecule has 0 fully saturated rings. The van der Waals surface area contributed by atoms with Gasteiger partial charge in [-0.25, -0.2) is 9.18 Å². The number of carbonyl (C=O) groups is 2. The number of carbonyl (C=O) groups excluding carboxylic acids is 2. The van der Waals surface area contributed by atoms with Gasteiger partial charge in [0.25, 0.3) is 5.91 Å². The Kier molecular flexibility index (Phi) is 4.60. The number of nitrogens with one attached hydrogen (secondary N) is 1. The molecule has 1 amide bonds. The van der Waals surface area contributed by atoms with E-state index in [0.29, 0.717) is 0 Å². The summed E-state index contributed by atoms with van der Waals surface area (Å²) in [6.07, 6.45) is 1.29. The third kappa shape index (κ3) is 4.10. The van der Waals surface area contributed by atoms with Crippen LogP contribution in [0.2, 0.25) is 0 Å². The molecule has 0 aliphatic rings. The summed E-state index contributed by atoms with van der Waals surface area (Å²) in [6.45, 7) is 1.81. The quantitative estimate of drug-likeness (QED) is 0.838. The third-order valence-corrected chi connectivity index (χ3v) is 2.44. The van der Waals surface area contributed by atoms with E-state index in [-0.39, 0.29) is 24.5 Å². The fraction of sp³-hybridized carbons (Fsp3) is 0.231. The van der Waals surface area contributed by atoms with Crippen molar-refractivity contribution in [1.29, 1.82) is 0 Å². The molecule has 0 atom stereocenters. The first kappa shape index (κ1) is 14.6. The molecule has 0 bridgehead atoms. The summed E-state index contributed by atoms with van der Waals surface area (Å²) in [4.78, 5) is 24.2. The van der Waals surface area contributed by atoms with E-state index in [2.05, 4.69) is 15.5 Å². The highest BCUT2D eigenvalue weighted by Crippen LogP contribution is 2.07. The standard InChI is InChI=1S/C13H13FN4O3/c1-2-21-12(19)8-18-15-7-11(17-18)16-13(20)9-4-3-5-10(14)6-9/h3-7H,2,8H2,1H3,(H,16,17,20). The largest absolute Gasteiger partial charge is 0.465 e. The molecule has 7 nitrogen and oxygen atoms in total. The number of halogens is 1. The monoisotopic (exact) mass is 292 g/mol. The van der Waals surface area contributed by atoms with Crippen LogP contribution in [0.15, 0.2) is 30.5 Å². The molecule has 8 heteroatoms. The zero-order chi connectivity index (χ0) is 15.2. The van der Waals surface area contributed by atoms with Gasteiger partial charge in [0.15, 0.2) is 12.4 Å². The highest BCUT2D eigenvalue weighted by atomic mass is 19.1. The molecule has 0 saturated carbocycles. The maximum Gasteiger partial charge on any atom is 0.329 e. The Hall–Kier alpha value is -2.77. The maximum atomic E-state index is 13.0. The molecule has 0 aliphatic heterocycles. The SMILES string of the molecule is CCOC(=O)Cn1ncc(NC(=O)c2cccc(F)c2)n1. The second-order valence-corrected chi connectivity index (χ2v) is 4.03. The normalized spacial score (nSPS) is 10.2. The molecular weight excluding hydrogens is 279 g/mol. The number of benzene rings is 1. The van der Waals surface area contributed by atoms with E-state index >= 15 is 0 Å². The lowest BCUT2D eigenvalue weighted by Crippen LogP contribution is -2.16. The minimum atomic E-state index is -0.516. The second kappa shape index (κ2) is 6.60. The topological polar surface area (TPSA) is 86.1 Å². The molecule has 0 spiro atoms. The van der Waals surface area contributed by atoms with Crippen LogP contribution in [0, 0.1) is 5.82 Å². The van der Waals surface area contributed by atoms with Crippen molar-refractivity contribution in [2.75, 3.05) is 11.9 Å². The van der Waals surface area contributed by atoms with Crippen LogP contribution >= 0.6 is 0 Å². The van der Waals surface area contributed by atoms with E-state index in [1.54, 1.807) is 6.92 Å². The van der Waals surface area contributed by atoms with Gasteiger partial charge in [0.05, 0.1) is 12.8 Å². The zero-order valence-corrected chi connectivity index (χ0v) is 11.2. The van der Waals surface area contributed by atoms with Gasteiger partial charge in [0.2, 0.25) is 0 Å². The average molecular weight is 292 g/mol. The van der Waals surface area contributed by atoms with Crippen LogP contribution in [0.25, 0.3) is 0 Å². The fourth-order valence-electron chi connectivity index (χ4n) is 1.57. The molecule has 1 aromatic carbocycles. The van der Waals surface area contributed by atoms with Crippen LogP contribution < -0.4 is 5.32 Å². The van der Waals surface area contributed by atoms with Crippen molar-refractivity contribution in [1.82, 2.24) is 15.0 Å². The molecule has 0 saturated heterocycles. The molecule has 1 N–H and O–H groups in total. The molecule has 1 aromatic heterocycles. The average Bonchev–Trinajstić information content (AvgIpc) is 2.86. The molecule has 2 aromatic rings. The molecule has 0 aliphatic carbocycles. The van der Waals surface area contributed by atoms with E-state index < -0.39 is 17.7 Å². The first-order valence-electron chi connectivity index (χ1n) is 6.21. The lowest BCUT2D eigenvalue weighted by atomic mass is 10.2. The second-order valence-electron chi connectivity index (χ2n) is 4.03. The highest BCUT2D eigenvalue weighted by molar-refractivity contribution is 6.03. The number of esters is 1. The molecule has 1 heterocycles. The first-order valence-corrected chi connectivity index (χ1v) is 6.21. The Labute approximate surface area is 119 Å². The summed E-state index contributed by atoms with van der Waals surface area (Å²) in [7, 11) is 0. The van der Waals surface area contributed by atoms with Gasteiger partial charge in [-0.05, 0) is 25.1 Å². The number of nitrogens with zero attached hydrogens (tertiary/aromatic N) is 3. The molecular formula is C13H13FN4O3. The zero-order valence-electron chi connectivity index (χ0n) is 11.2. The summed E-state index contributed by atoms with van der Waals surface area (Å²) >= 11 is 0. The molecule has 2 rings (SSSR count). The van der Waals surface area contributed by atoms with Crippen LogP contribution in [0.5, 0.6) is 0 Å². The predicted octanol–water partition coefficient (Wildman–Crippen LogP) is 1.23. The van der Waals surface area contributed by atoms with Crippen LogP contribution in [-0.2, 0) is 16.1 Å². The van der Waals surface area contributed by atoms with Crippen molar-refractivity contribution in [3.8, 4) is 0 Å². The van der Waals surface area contributed by atoms with Gasteiger partial charge in [-0.1, -0.05) is 6.07 Å². The van der Waals surface area contributed by atoms with E-state index in [9.17, 15) is 14.0 Å². The summed E-state index contributed by atoms with van der Waals surface area (Å²) < 4.78 is 17.8. The Balaban J connectivity index is 1.99. The number of hydrogen-bond donors (Lipinski definition) is 1. The van der Waals surface area contributed by atoms with Crippen LogP contribution in [0.4, 0.5) is 10.2 Å². The van der Waals surface area contributed by atoms with Crippen LogP contribution in [0.3, 0.4) is 0 Å². The molecule has 110 valence electrons. The lowest BCUT2D eigenvalue weighted by Gasteiger charge is -2.02. The van der Waals surface area contributed by atoms with Gasteiger partial charge in [-0.15, -0.1) is 5.10 Å². The van der Waals surface area contributed by atoms with E-state index in [4.69, 9.17) is 4.74 Å². The Bertz CT molecular complexity index is 656. The number of anilines is 1. The Morgan fingerprint density at radius 1 is 1.43 bits per heavy atom. The van der Waals surface area contributed by atoms with Crippen molar-refractivity contribution in [3.05, 3.63) is 41.8 Å². The maximum absolute atomic E-state index is 13.0. The number of hydrogen-bond acceptors (Lipinski definition) is 5. The molecule has 21 heavy (non-hydrogen) atoms. The van der Waals surface area contributed by atoms with Crippen LogP contribution in [-0.4, -0.2) is 33.5 Å². The van der Waals surface area contributed by atoms with Crippen LogP contribution in [0.1, 0.15) is 17.3 Å². The van der Waals surface area contributed by atoms with Gasteiger partial charge >= 0.3 is 5.97 Å². The summed E-state index contributed by atoms with van der Waals surface area (Å²) in [5.41, 5.74) is 0.162. The van der Waals surface area contributed by atoms with E-state index in [1.165, 1.54) is 24.4 Å². The summed E-state index contributed by atoms with van der Waals surface area (Å²) in [6, 6.07) is 5.26. The van der Waals surface area contributed by atoms with Crippen molar-refractivity contribution < 1.29 is 18.7 Å². The van der Waals surface area contributed by atoms with Crippen molar-refractivity contribution in [2.24, 2.45) is 0 Å². The van der Waals surface area contributed by atoms with E-state index in [1.807, 2.05) is 0 Å².